The summed E-state index contributed by atoms with van der Waals surface area (Å²) in [5.41, 5.74) is 36.4. The highest BCUT2D eigenvalue weighted by molar-refractivity contribution is 7.19. The van der Waals surface area contributed by atoms with Crippen LogP contribution in [0.3, 0.4) is 0 Å². The van der Waals surface area contributed by atoms with Gasteiger partial charge in [0.05, 0.1) is 0 Å². The summed E-state index contributed by atoms with van der Waals surface area (Å²) in [7, 11) is -4.54. The lowest BCUT2D eigenvalue weighted by Gasteiger charge is -2.47. The molecule has 0 nitrogen and oxygen atoms in total. The zero-order valence-corrected chi connectivity index (χ0v) is 60.7. The Labute approximate surface area is 610 Å². The van der Waals surface area contributed by atoms with Crippen molar-refractivity contribution in [3.05, 3.63) is 403 Å². The van der Waals surface area contributed by atoms with Crippen LogP contribution in [0.25, 0.3) is 134 Å². The van der Waals surface area contributed by atoms with Crippen molar-refractivity contribution in [1.29, 1.82) is 0 Å². The summed E-state index contributed by atoms with van der Waals surface area (Å²) < 4.78 is 0. The predicted molar refractivity (Wildman–Crippen MR) is 444 cm³/mol. The molecule has 0 heterocycles. The van der Waals surface area contributed by atoms with Crippen LogP contribution in [0.5, 0.6) is 0 Å². The molecule has 16 rings (SSSR count). The molecule has 0 radical (unpaired) electrons. The highest BCUT2D eigenvalue weighted by Gasteiger charge is 2.56. The molecule has 0 bridgehead atoms. The Kier molecular flexibility index (Phi) is 18.0. The zero-order chi connectivity index (χ0) is 70.1. The third-order valence-corrected chi connectivity index (χ3v) is 27.9. The first-order valence-electron chi connectivity index (χ1n) is 36.3. The molecule has 0 fully saturated rings. The second-order valence-electron chi connectivity index (χ2n) is 27.7. The van der Waals surface area contributed by atoms with Gasteiger partial charge in [0.15, 0.2) is 8.07 Å². The minimum atomic E-state index is -4.54. The number of hydrogen-bond acceptors (Lipinski definition) is 0. The molecule has 1 heteroatoms. The van der Waals surface area contributed by atoms with Gasteiger partial charge < -0.3 is 0 Å². The van der Waals surface area contributed by atoms with Gasteiger partial charge in [-0.05, 0) is 219 Å². The minimum Gasteiger partial charge on any atom is -0.0636 e. The van der Waals surface area contributed by atoms with Crippen LogP contribution in [-0.4, -0.2) is 8.07 Å². The summed E-state index contributed by atoms with van der Waals surface area (Å²) in [6.45, 7) is 17.6. The number of rotatable bonds is 16. The van der Waals surface area contributed by atoms with Crippen LogP contribution < -0.4 is 15.6 Å². The van der Waals surface area contributed by atoms with Crippen molar-refractivity contribution in [2.24, 2.45) is 5.92 Å². The van der Waals surface area contributed by atoms with E-state index in [1.54, 1.807) is 0 Å². The molecular weight excluding hydrogens is 1250 g/mol. The summed E-state index contributed by atoms with van der Waals surface area (Å²) in [6.07, 6.45) is 0. The van der Waals surface area contributed by atoms with Crippen LogP contribution in [0.4, 0.5) is 0 Å². The Morgan fingerprint density at radius 2 is 0.320 bits per heavy atom. The Bertz CT molecular complexity index is 5110. The maximum absolute atomic E-state index is 4.54. The van der Waals surface area contributed by atoms with Gasteiger partial charge in [0.1, 0.15) is 0 Å². The van der Waals surface area contributed by atoms with Gasteiger partial charge in [0.2, 0.25) is 0 Å². The van der Waals surface area contributed by atoms with Crippen molar-refractivity contribution in [2.45, 2.75) is 48.5 Å². The maximum Gasteiger partial charge on any atom is 0.179 e. The molecule has 0 saturated carbocycles. The first-order valence-corrected chi connectivity index (χ1v) is 38.3. The van der Waals surface area contributed by atoms with Gasteiger partial charge in [0.25, 0.3) is 0 Å². The summed E-state index contributed by atoms with van der Waals surface area (Å²) in [6, 6.07) is 138. The second-order valence-corrected chi connectivity index (χ2v) is 31.2. The smallest absolute Gasteiger partial charge is 0.0636 e. The molecule has 1 aliphatic carbocycles. The van der Waals surface area contributed by atoms with Crippen molar-refractivity contribution in [2.75, 3.05) is 0 Å². The molecule has 0 spiro atoms. The lowest BCUT2D eigenvalue weighted by molar-refractivity contribution is 0.851. The zero-order valence-electron chi connectivity index (χ0n) is 59.7. The molecule has 0 amide bonds. The highest BCUT2D eigenvalue weighted by Crippen LogP contribution is 2.57. The van der Waals surface area contributed by atoms with E-state index >= 15 is 0 Å². The fourth-order valence-corrected chi connectivity index (χ4v) is 24.9. The third kappa shape index (κ3) is 11.3. The van der Waals surface area contributed by atoms with Crippen LogP contribution in [0.1, 0.15) is 44.4 Å². The normalized spacial score (nSPS) is 13.0. The van der Waals surface area contributed by atoms with Crippen molar-refractivity contribution < 1.29 is 0 Å². The Morgan fingerprint density at radius 3 is 0.476 bits per heavy atom. The van der Waals surface area contributed by atoms with Crippen molar-refractivity contribution >= 4 is 23.6 Å². The standard InChI is InChI=1S/C102H82Si/c1-68-69(2)71(4)99(70(68)3)103(100-72(5)87(75-44-20-8-21-45-75)90(78-50-26-11-27-51-78)93(81-56-32-14-33-57-81)96(100)84-62-38-17-39-63-84,101-73(6)88(76-46-22-9-23-47-76)91(79-52-28-12-29-53-79)94(82-58-34-15-35-59-82)97(101)85-64-40-18-41-65-85)102-74(7)89(77-48-24-10-25-49-77)92(80-54-30-13-31-55-80)95(83-60-36-16-37-61-83)98(102)86-66-42-19-43-67-86/h8-67,70H,1-7H3. The minimum absolute atomic E-state index is 0.0572. The molecule has 0 N–H and O–H groups in total. The molecule has 15 aromatic carbocycles. The van der Waals surface area contributed by atoms with E-state index < -0.39 is 8.07 Å². The van der Waals surface area contributed by atoms with Crippen molar-refractivity contribution in [1.82, 2.24) is 0 Å². The van der Waals surface area contributed by atoms with E-state index in [9.17, 15) is 0 Å². The van der Waals surface area contributed by atoms with Crippen LogP contribution in [0.15, 0.2) is 386 Å². The molecule has 0 aliphatic heterocycles. The van der Waals surface area contributed by atoms with E-state index in [2.05, 4.69) is 412 Å². The van der Waals surface area contributed by atoms with Crippen LogP contribution in [0, 0.1) is 26.7 Å². The predicted octanol–water partition coefficient (Wildman–Crippen LogP) is 25.9. The van der Waals surface area contributed by atoms with E-state index in [1.807, 2.05) is 0 Å². The molecule has 1 aliphatic rings. The highest BCUT2D eigenvalue weighted by atomic mass is 28.3. The van der Waals surface area contributed by atoms with Crippen LogP contribution >= 0.6 is 0 Å². The molecular formula is C102H82Si. The lowest BCUT2D eigenvalue weighted by atomic mass is 9.80. The molecule has 15 aromatic rings. The van der Waals surface area contributed by atoms with E-state index in [-0.39, 0.29) is 5.92 Å². The average Bonchev–Trinajstić information content (AvgIpc) is 1.59. The summed E-state index contributed by atoms with van der Waals surface area (Å²) in [5.74, 6) is -0.0572. The molecule has 103 heavy (non-hydrogen) atoms. The van der Waals surface area contributed by atoms with Crippen molar-refractivity contribution in [3.63, 3.8) is 0 Å². The fourth-order valence-electron chi connectivity index (χ4n) is 17.7. The topological polar surface area (TPSA) is 0 Å². The van der Waals surface area contributed by atoms with E-state index in [0.717, 1.165) is 50.1 Å². The van der Waals surface area contributed by atoms with E-state index in [1.165, 1.54) is 138 Å². The maximum atomic E-state index is 2.58. The van der Waals surface area contributed by atoms with Gasteiger partial charge in [0, 0.05) is 0 Å². The van der Waals surface area contributed by atoms with Crippen LogP contribution in [-0.2, 0) is 0 Å². The fraction of sp³-hybridized carbons (Fsp3) is 0.0784. The number of hydrogen-bond donors (Lipinski definition) is 0. The molecule has 1 unspecified atom stereocenters. The number of allylic oxidation sites excluding steroid dienone is 4. The van der Waals surface area contributed by atoms with E-state index in [0.29, 0.717) is 0 Å². The molecule has 1 atom stereocenters. The summed E-state index contributed by atoms with van der Waals surface area (Å²) >= 11 is 0. The van der Waals surface area contributed by atoms with Crippen molar-refractivity contribution in [3.8, 4) is 134 Å². The van der Waals surface area contributed by atoms with Gasteiger partial charge in [-0.15, -0.1) is 0 Å². The third-order valence-electron chi connectivity index (χ3n) is 22.2. The molecule has 0 saturated heterocycles. The van der Waals surface area contributed by atoms with Gasteiger partial charge in [-0.3, -0.25) is 0 Å². The largest absolute Gasteiger partial charge is 0.179 e. The first kappa shape index (κ1) is 65.6. The summed E-state index contributed by atoms with van der Waals surface area (Å²) in [4.78, 5) is 0. The summed E-state index contributed by atoms with van der Waals surface area (Å²) in [5, 5.41) is 5.61. The Morgan fingerprint density at radius 1 is 0.175 bits per heavy atom. The monoisotopic (exact) mass is 1330 g/mol. The Hall–Kier alpha value is -12.0. The van der Waals surface area contributed by atoms with Gasteiger partial charge >= 0.3 is 0 Å². The SMILES string of the molecule is CC1=C(C)C(C)C([Si](c2c(C)c(-c3ccccc3)c(-c3ccccc3)c(-c3ccccc3)c2-c2ccccc2)(c2c(C)c(-c3ccccc3)c(-c3ccccc3)c(-c3ccccc3)c2-c2ccccc2)c2c(C)c(-c3ccccc3)c(-c3ccccc3)c(-c3ccccc3)c2-c2ccccc2)=C1C. The van der Waals surface area contributed by atoms with Gasteiger partial charge in [-0.2, -0.15) is 0 Å². The van der Waals surface area contributed by atoms with Crippen LogP contribution in [0.2, 0.25) is 0 Å². The lowest BCUT2D eigenvalue weighted by Crippen LogP contribution is -2.73. The molecule has 0 aromatic heterocycles. The molecule has 494 valence electrons. The van der Waals surface area contributed by atoms with Gasteiger partial charge in [-0.1, -0.05) is 387 Å². The van der Waals surface area contributed by atoms with Gasteiger partial charge in [-0.25, -0.2) is 0 Å². The second kappa shape index (κ2) is 28.2. The quantitative estimate of drug-likeness (QED) is 0.0668. The Balaban J connectivity index is 1.36. The van der Waals surface area contributed by atoms with E-state index in [4.69, 9.17) is 0 Å². The average molecular weight is 1340 g/mol. The first-order chi connectivity index (χ1) is 50.7. The number of benzene rings is 15.